The van der Waals surface area contributed by atoms with Crippen LogP contribution in [-0.2, 0) is 14.3 Å². The average molecular weight is 395 g/mol. The zero-order valence-corrected chi connectivity index (χ0v) is 16.0. The van der Waals surface area contributed by atoms with E-state index in [1.807, 2.05) is 30.3 Å². The zero-order chi connectivity index (χ0) is 20.8. The summed E-state index contributed by atoms with van der Waals surface area (Å²) in [6.45, 7) is 1.38. The van der Waals surface area contributed by atoms with Crippen molar-refractivity contribution in [1.82, 2.24) is 5.32 Å². The van der Waals surface area contributed by atoms with Crippen LogP contribution in [0, 0.1) is 0 Å². The standard InChI is InChI=1S/C22H21NO6/c1-14(19-12-16-5-3-4-6-18(16)29-19)23-21(25)13-28-22(26)10-8-15-7-9-17(24)20(11-15)27-2/h3-12,14,24H,13H2,1-2H3,(H,23,25)/b10-8+/t14-/m1/s1. The van der Waals surface area contributed by atoms with Crippen LogP contribution in [0.4, 0.5) is 0 Å². The molecule has 0 saturated carbocycles. The van der Waals surface area contributed by atoms with Crippen molar-refractivity contribution in [3.05, 3.63) is 65.9 Å². The number of rotatable bonds is 7. The van der Waals surface area contributed by atoms with E-state index in [2.05, 4.69) is 5.32 Å². The highest BCUT2D eigenvalue weighted by molar-refractivity contribution is 5.89. The number of carbonyl (C=O) groups excluding carboxylic acids is 2. The van der Waals surface area contributed by atoms with Gasteiger partial charge in [-0.1, -0.05) is 24.3 Å². The summed E-state index contributed by atoms with van der Waals surface area (Å²) in [5.74, 6) is -0.191. The lowest BCUT2D eigenvalue weighted by Gasteiger charge is -2.11. The predicted octanol–water partition coefficient (Wildman–Crippen LogP) is 3.58. The Morgan fingerprint density at radius 2 is 2.00 bits per heavy atom. The van der Waals surface area contributed by atoms with E-state index in [0.717, 1.165) is 11.0 Å². The molecule has 2 N–H and O–H groups in total. The fourth-order valence-corrected chi connectivity index (χ4v) is 2.72. The van der Waals surface area contributed by atoms with Gasteiger partial charge in [-0.2, -0.15) is 0 Å². The number of phenolic OH excluding ortho intramolecular Hbond substituents is 1. The minimum atomic E-state index is -0.663. The number of para-hydroxylation sites is 1. The number of hydrogen-bond donors (Lipinski definition) is 2. The molecule has 29 heavy (non-hydrogen) atoms. The highest BCUT2D eigenvalue weighted by Gasteiger charge is 2.15. The fourth-order valence-electron chi connectivity index (χ4n) is 2.72. The molecule has 0 aliphatic carbocycles. The van der Waals surface area contributed by atoms with E-state index in [4.69, 9.17) is 13.9 Å². The van der Waals surface area contributed by atoms with Gasteiger partial charge >= 0.3 is 5.97 Å². The third-order valence-corrected chi connectivity index (χ3v) is 4.21. The Bertz CT molecular complexity index is 1020. The third kappa shape index (κ3) is 5.16. The van der Waals surface area contributed by atoms with Gasteiger partial charge in [0.15, 0.2) is 18.1 Å². The van der Waals surface area contributed by atoms with Crippen molar-refractivity contribution < 1.29 is 28.6 Å². The van der Waals surface area contributed by atoms with Gasteiger partial charge < -0.3 is 24.3 Å². The molecule has 0 unspecified atom stereocenters. The molecule has 0 bridgehead atoms. The van der Waals surface area contributed by atoms with E-state index in [1.165, 1.54) is 25.3 Å². The smallest absolute Gasteiger partial charge is 0.331 e. The van der Waals surface area contributed by atoms with Crippen LogP contribution in [0.2, 0.25) is 0 Å². The molecule has 150 valence electrons. The second-order valence-electron chi connectivity index (χ2n) is 6.35. The van der Waals surface area contributed by atoms with Gasteiger partial charge in [0.05, 0.1) is 13.2 Å². The van der Waals surface area contributed by atoms with Gasteiger partial charge in [0.1, 0.15) is 11.3 Å². The molecule has 1 atom stereocenters. The van der Waals surface area contributed by atoms with Crippen LogP contribution in [0.15, 0.2) is 59.0 Å². The monoisotopic (exact) mass is 395 g/mol. The first-order chi connectivity index (χ1) is 14.0. The van der Waals surface area contributed by atoms with E-state index in [-0.39, 0.29) is 11.8 Å². The van der Waals surface area contributed by atoms with Crippen molar-refractivity contribution in [2.75, 3.05) is 13.7 Å². The lowest BCUT2D eigenvalue weighted by Crippen LogP contribution is -2.30. The first-order valence-corrected chi connectivity index (χ1v) is 8.96. The molecule has 7 heteroatoms. The quantitative estimate of drug-likeness (QED) is 0.469. The lowest BCUT2D eigenvalue weighted by molar-refractivity contribution is -0.144. The minimum absolute atomic E-state index is 0.00229. The zero-order valence-electron chi connectivity index (χ0n) is 16.0. The predicted molar refractivity (Wildman–Crippen MR) is 107 cm³/mol. The highest BCUT2D eigenvalue weighted by Crippen LogP contribution is 2.26. The average Bonchev–Trinajstić information content (AvgIpc) is 3.16. The number of fused-ring (bicyclic) bond motifs is 1. The van der Waals surface area contributed by atoms with Gasteiger partial charge in [-0.15, -0.1) is 0 Å². The van der Waals surface area contributed by atoms with Crippen molar-refractivity contribution in [2.24, 2.45) is 0 Å². The number of esters is 1. The summed E-state index contributed by atoms with van der Waals surface area (Å²) >= 11 is 0. The molecule has 0 radical (unpaired) electrons. The Kier molecular flexibility index (Phi) is 6.19. The molecule has 1 aromatic heterocycles. The van der Waals surface area contributed by atoms with Crippen molar-refractivity contribution in [2.45, 2.75) is 13.0 Å². The summed E-state index contributed by atoms with van der Waals surface area (Å²) in [7, 11) is 1.43. The molecule has 2 aromatic carbocycles. The summed E-state index contributed by atoms with van der Waals surface area (Å²) in [5, 5.41) is 13.2. The number of methoxy groups -OCH3 is 1. The molecule has 0 fully saturated rings. The van der Waals surface area contributed by atoms with Crippen molar-refractivity contribution in [3.63, 3.8) is 0 Å². The molecule has 7 nitrogen and oxygen atoms in total. The van der Waals surface area contributed by atoms with Gasteiger partial charge in [0.25, 0.3) is 5.91 Å². The van der Waals surface area contributed by atoms with Crippen molar-refractivity contribution in [1.29, 1.82) is 0 Å². The molecule has 3 aromatic rings. The summed E-state index contributed by atoms with van der Waals surface area (Å²) in [4.78, 5) is 23.9. The Balaban J connectivity index is 1.50. The van der Waals surface area contributed by atoms with Crippen LogP contribution in [0.25, 0.3) is 17.0 Å². The molecule has 0 aliphatic heterocycles. The van der Waals surface area contributed by atoms with Crippen molar-refractivity contribution >= 4 is 28.9 Å². The maximum atomic E-state index is 12.0. The number of phenols is 1. The van der Waals surface area contributed by atoms with E-state index in [9.17, 15) is 14.7 Å². The van der Waals surface area contributed by atoms with Crippen molar-refractivity contribution in [3.8, 4) is 11.5 Å². The Labute approximate surface area is 167 Å². The van der Waals surface area contributed by atoms with E-state index < -0.39 is 18.5 Å². The summed E-state index contributed by atoms with van der Waals surface area (Å²) in [5.41, 5.74) is 1.38. The fraction of sp³-hybridized carbons (Fsp3) is 0.182. The van der Waals surface area contributed by atoms with Gasteiger partial charge in [-0.05, 0) is 42.8 Å². The van der Waals surface area contributed by atoms with Crippen LogP contribution in [0.1, 0.15) is 24.3 Å². The highest BCUT2D eigenvalue weighted by atomic mass is 16.5. The number of furan rings is 1. The normalized spacial score (nSPS) is 12.1. The van der Waals surface area contributed by atoms with E-state index in [0.29, 0.717) is 17.1 Å². The Morgan fingerprint density at radius 1 is 1.21 bits per heavy atom. The van der Waals surface area contributed by atoms with Crippen LogP contribution >= 0.6 is 0 Å². The summed E-state index contributed by atoms with van der Waals surface area (Å²) in [6.07, 6.45) is 2.70. The van der Waals surface area contributed by atoms with Gasteiger partial charge in [-0.25, -0.2) is 4.79 Å². The van der Waals surface area contributed by atoms with Crippen LogP contribution in [-0.4, -0.2) is 30.7 Å². The van der Waals surface area contributed by atoms with E-state index >= 15 is 0 Å². The largest absolute Gasteiger partial charge is 0.504 e. The number of aromatic hydroxyl groups is 1. The molecular weight excluding hydrogens is 374 g/mol. The van der Waals surface area contributed by atoms with Crippen LogP contribution < -0.4 is 10.1 Å². The lowest BCUT2D eigenvalue weighted by atomic mass is 10.2. The molecule has 1 amide bonds. The minimum Gasteiger partial charge on any atom is -0.504 e. The van der Waals surface area contributed by atoms with Gasteiger partial charge in [0, 0.05) is 11.5 Å². The van der Waals surface area contributed by atoms with Crippen LogP contribution in [0.5, 0.6) is 11.5 Å². The number of hydrogen-bond acceptors (Lipinski definition) is 6. The topological polar surface area (TPSA) is 98.0 Å². The summed E-state index contributed by atoms with van der Waals surface area (Å²) < 4.78 is 15.7. The summed E-state index contributed by atoms with van der Waals surface area (Å²) in [6, 6.07) is 13.7. The maximum absolute atomic E-state index is 12.0. The van der Waals surface area contributed by atoms with Gasteiger partial charge in [0.2, 0.25) is 0 Å². The SMILES string of the molecule is COc1cc(/C=C/C(=O)OCC(=O)N[C@H](C)c2cc3ccccc3o2)ccc1O. The van der Waals surface area contributed by atoms with Gasteiger partial charge in [-0.3, -0.25) is 4.79 Å². The molecular formula is C22H21NO6. The number of ether oxygens (including phenoxy) is 2. The molecule has 1 heterocycles. The molecule has 0 spiro atoms. The molecule has 0 saturated heterocycles. The van der Waals surface area contributed by atoms with Crippen LogP contribution in [0.3, 0.4) is 0 Å². The number of nitrogens with one attached hydrogen (secondary N) is 1. The number of carbonyl (C=O) groups is 2. The second kappa shape index (κ2) is 8.97. The maximum Gasteiger partial charge on any atom is 0.331 e. The Morgan fingerprint density at radius 3 is 2.76 bits per heavy atom. The number of amides is 1. The first kappa shape index (κ1) is 20.0. The third-order valence-electron chi connectivity index (χ3n) is 4.21. The number of benzene rings is 2. The first-order valence-electron chi connectivity index (χ1n) is 8.96. The molecule has 3 rings (SSSR count). The Hall–Kier alpha value is -3.74. The molecule has 0 aliphatic rings. The van der Waals surface area contributed by atoms with E-state index in [1.54, 1.807) is 19.1 Å². The second-order valence-corrected chi connectivity index (χ2v) is 6.35.